The van der Waals surface area contributed by atoms with E-state index in [9.17, 15) is 4.79 Å². The number of benzene rings is 1. The van der Waals surface area contributed by atoms with Gasteiger partial charge in [0.05, 0.1) is 6.10 Å². The molecule has 0 saturated carbocycles. The number of hydrogen-bond donors (Lipinski definition) is 1. The number of likely N-dealkylation sites (N-methyl/N-ethyl adjacent to an activating group) is 1. The second-order valence-electron chi connectivity index (χ2n) is 5.74. The second kappa shape index (κ2) is 7.57. The van der Waals surface area contributed by atoms with Crippen molar-refractivity contribution in [3.63, 3.8) is 0 Å². The number of nitrogens with one attached hydrogen (secondary N) is 1. The van der Waals surface area contributed by atoms with Crippen LogP contribution in [0.5, 0.6) is 0 Å². The van der Waals surface area contributed by atoms with E-state index in [1.165, 1.54) is 16.9 Å². The van der Waals surface area contributed by atoms with Crippen molar-refractivity contribution in [1.82, 2.24) is 9.88 Å². The summed E-state index contributed by atoms with van der Waals surface area (Å²) in [5, 5.41) is 3.50. The first-order valence-corrected chi connectivity index (χ1v) is 8.65. The summed E-state index contributed by atoms with van der Waals surface area (Å²) in [7, 11) is 1.79. The number of nitrogens with zero attached hydrogens (tertiary/aromatic N) is 2. The Morgan fingerprint density at radius 1 is 1.43 bits per heavy atom. The summed E-state index contributed by atoms with van der Waals surface area (Å²) in [6, 6.07) is 10.1. The van der Waals surface area contributed by atoms with Crippen LogP contribution in [-0.2, 0) is 11.2 Å². The van der Waals surface area contributed by atoms with Crippen molar-refractivity contribution in [2.24, 2.45) is 0 Å². The molecule has 1 N–H and O–H groups in total. The van der Waals surface area contributed by atoms with E-state index in [1.807, 2.05) is 24.4 Å². The topological polar surface area (TPSA) is 54.5 Å². The van der Waals surface area contributed by atoms with Crippen molar-refractivity contribution in [3.8, 4) is 0 Å². The molecule has 5 nitrogen and oxygen atoms in total. The van der Waals surface area contributed by atoms with Gasteiger partial charge in [0.2, 0.25) is 0 Å². The Morgan fingerprint density at radius 2 is 2.26 bits per heavy atom. The zero-order chi connectivity index (χ0) is 16.1. The van der Waals surface area contributed by atoms with Gasteiger partial charge in [-0.25, -0.2) is 9.78 Å². The van der Waals surface area contributed by atoms with Crippen molar-refractivity contribution >= 4 is 22.5 Å². The van der Waals surface area contributed by atoms with Crippen LogP contribution >= 0.6 is 11.3 Å². The molecule has 0 radical (unpaired) electrons. The van der Waals surface area contributed by atoms with Gasteiger partial charge < -0.3 is 9.64 Å². The molecule has 23 heavy (non-hydrogen) atoms. The third-order valence-corrected chi connectivity index (χ3v) is 4.75. The molecular weight excluding hydrogens is 310 g/mol. The standard InChI is InChI=1S/C17H21N3O2S/c1-20(12-14-8-5-9-22-14)17(21)19-16-18-11-15(23-16)10-13-6-3-2-4-7-13/h2-4,6-7,11,14H,5,8-10,12H2,1H3,(H,18,19,21)/t14-/m1/s1. The lowest BCUT2D eigenvalue weighted by atomic mass is 10.1. The highest BCUT2D eigenvalue weighted by molar-refractivity contribution is 7.15. The van der Waals surface area contributed by atoms with Gasteiger partial charge >= 0.3 is 6.03 Å². The van der Waals surface area contributed by atoms with Crippen molar-refractivity contribution in [2.45, 2.75) is 25.4 Å². The molecule has 1 aliphatic heterocycles. The Bertz CT molecular complexity index is 638. The van der Waals surface area contributed by atoms with Crippen LogP contribution in [0.4, 0.5) is 9.93 Å². The van der Waals surface area contributed by atoms with E-state index in [0.717, 1.165) is 30.7 Å². The van der Waals surface area contributed by atoms with Crippen molar-refractivity contribution in [2.75, 3.05) is 25.5 Å². The van der Waals surface area contributed by atoms with Gasteiger partial charge in [-0.2, -0.15) is 0 Å². The Kier molecular flexibility index (Phi) is 5.25. The van der Waals surface area contributed by atoms with Crippen LogP contribution in [0.15, 0.2) is 36.5 Å². The molecule has 0 bridgehead atoms. The lowest BCUT2D eigenvalue weighted by Gasteiger charge is -2.20. The van der Waals surface area contributed by atoms with Gasteiger partial charge in [0.15, 0.2) is 5.13 Å². The summed E-state index contributed by atoms with van der Waals surface area (Å²) in [6.45, 7) is 1.42. The summed E-state index contributed by atoms with van der Waals surface area (Å²) in [5.41, 5.74) is 1.24. The number of thiazole rings is 1. The first-order chi connectivity index (χ1) is 11.2. The lowest BCUT2D eigenvalue weighted by Crippen LogP contribution is -2.37. The number of carbonyl (C=O) groups excluding carboxylic acids is 1. The summed E-state index contributed by atoms with van der Waals surface area (Å²) in [5.74, 6) is 0. The van der Waals surface area contributed by atoms with E-state index in [1.54, 1.807) is 11.9 Å². The number of aromatic nitrogens is 1. The highest BCUT2D eigenvalue weighted by Crippen LogP contribution is 2.21. The molecule has 1 atom stereocenters. The molecule has 2 amide bonds. The van der Waals surface area contributed by atoms with Gasteiger partial charge in [-0.05, 0) is 18.4 Å². The monoisotopic (exact) mass is 331 g/mol. The van der Waals surface area contributed by atoms with E-state index in [2.05, 4.69) is 22.4 Å². The maximum absolute atomic E-state index is 12.2. The maximum Gasteiger partial charge on any atom is 0.323 e. The van der Waals surface area contributed by atoms with Gasteiger partial charge in [0.1, 0.15) is 0 Å². The second-order valence-corrected chi connectivity index (χ2v) is 6.86. The minimum Gasteiger partial charge on any atom is -0.376 e. The molecule has 0 unspecified atom stereocenters. The van der Waals surface area contributed by atoms with Crippen LogP contribution in [0.3, 0.4) is 0 Å². The average Bonchev–Trinajstić information content (AvgIpc) is 3.20. The highest BCUT2D eigenvalue weighted by atomic mass is 32.1. The number of rotatable bonds is 5. The molecule has 2 heterocycles. The number of carbonyl (C=O) groups is 1. The zero-order valence-corrected chi connectivity index (χ0v) is 14.0. The van der Waals surface area contributed by atoms with Crippen LogP contribution in [0.2, 0.25) is 0 Å². The zero-order valence-electron chi connectivity index (χ0n) is 13.2. The Hall–Kier alpha value is -1.92. The number of anilines is 1. The molecule has 1 aromatic heterocycles. The summed E-state index contributed by atoms with van der Waals surface area (Å²) in [4.78, 5) is 19.3. The predicted octanol–water partition coefficient (Wildman–Crippen LogP) is 3.38. The SMILES string of the molecule is CN(C[C@H]1CCCO1)C(=O)Nc1ncc(Cc2ccccc2)s1. The van der Waals surface area contributed by atoms with E-state index < -0.39 is 0 Å². The predicted molar refractivity (Wildman–Crippen MR) is 92.0 cm³/mol. The normalized spacial score (nSPS) is 17.2. The fourth-order valence-electron chi connectivity index (χ4n) is 2.61. The molecule has 2 aromatic rings. The van der Waals surface area contributed by atoms with Crippen LogP contribution in [0.25, 0.3) is 0 Å². The first kappa shape index (κ1) is 16.0. The number of hydrogen-bond acceptors (Lipinski definition) is 4. The largest absolute Gasteiger partial charge is 0.376 e. The van der Waals surface area contributed by atoms with Crippen LogP contribution in [0.1, 0.15) is 23.3 Å². The first-order valence-electron chi connectivity index (χ1n) is 7.83. The van der Waals surface area contributed by atoms with E-state index in [0.29, 0.717) is 11.7 Å². The van der Waals surface area contributed by atoms with E-state index >= 15 is 0 Å². The highest BCUT2D eigenvalue weighted by Gasteiger charge is 2.20. The summed E-state index contributed by atoms with van der Waals surface area (Å²) < 4.78 is 5.56. The van der Waals surface area contributed by atoms with Crippen molar-refractivity contribution in [1.29, 1.82) is 0 Å². The van der Waals surface area contributed by atoms with Gasteiger partial charge in [0.25, 0.3) is 0 Å². The van der Waals surface area contributed by atoms with Crippen molar-refractivity contribution in [3.05, 3.63) is 47.0 Å². The Morgan fingerprint density at radius 3 is 3.00 bits per heavy atom. The van der Waals surface area contributed by atoms with E-state index in [-0.39, 0.29) is 12.1 Å². The molecule has 1 saturated heterocycles. The summed E-state index contributed by atoms with van der Waals surface area (Å²) in [6.07, 6.45) is 4.93. The molecule has 1 aromatic carbocycles. The van der Waals surface area contributed by atoms with E-state index in [4.69, 9.17) is 4.74 Å². The lowest BCUT2D eigenvalue weighted by molar-refractivity contribution is 0.0894. The molecule has 6 heteroatoms. The third-order valence-electron chi connectivity index (χ3n) is 3.84. The number of urea groups is 1. The number of ether oxygens (including phenoxy) is 1. The maximum atomic E-state index is 12.2. The molecule has 1 aliphatic rings. The van der Waals surface area contributed by atoms with Gasteiger partial charge in [-0.3, -0.25) is 5.32 Å². The fraction of sp³-hybridized carbons (Fsp3) is 0.412. The summed E-state index contributed by atoms with van der Waals surface area (Å²) >= 11 is 1.52. The molecule has 122 valence electrons. The fourth-order valence-corrected chi connectivity index (χ4v) is 3.44. The molecule has 1 fully saturated rings. The quantitative estimate of drug-likeness (QED) is 0.914. The van der Waals surface area contributed by atoms with Crippen LogP contribution < -0.4 is 5.32 Å². The smallest absolute Gasteiger partial charge is 0.323 e. The minimum atomic E-state index is -0.138. The van der Waals surface area contributed by atoms with Gasteiger partial charge in [-0.15, -0.1) is 11.3 Å². The third kappa shape index (κ3) is 4.53. The molecule has 0 spiro atoms. The van der Waals surface area contributed by atoms with Crippen LogP contribution in [0, 0.1) is 0 Å². The molecular formula is C17H21N3O2S. The molecule has 0 aliphatic carbocycles. The Balaban J connectivity index is 1.52. The number of amides is 2. The van der Waals surface area contributed by atoms with Gasteiger partial charge in [-0.1, -0.05) is 30.3 Å². The molecule has 3 rings (SSSR count). The van der Waals surface area contributed by atoms with Crippen LogP contribution in [-0.4, -0.2) is 42.2 Å². The van der Waals surface area contributed by atoms with Gasteiger partial charge in [0, 0.05) is 37.7 Å². The minimum absolute atomic E-state index is 0.138. The Labute approximate surface area is 140 Å². The van der Waals surface area contributed by atoms with Crippen molar-refractivity contribution < 1.29 is 9.53 Å². The average molecular weight is 331 g/mol.